The molecule has 0 aromatic heterocycles. The zero-order valence-corrected chi connectivity index (χ0v) is 60.9. The number of benzene rings is 9. The Bertz CT molecular complexity index is 5020. The van der Waals surface area contributed by atoms with Crippen molar-refractivity contribution in [1.29, 1.82) is 0 Å². The Hall–Kier alpha value is -10.4. The highest BCUT2D eigenvalue weighted by Crippen LogP contribution is 2.38. The van der Waals surface area contributed by atoms with Gasteiger partial charge in [0.2, 0.25) is 23.1 Å². The summed E-state index contributed by atoms with van der Waals surface area (Å²) in [5, 5.41) is 24.2. The molecule has 0 radical (unpaired) electrons. The second-order valence-corrected chi connectivity index (χ2v) is 28.9. The quantitative estimate of drug-likeness (QED) is 0.0103. The molecule has 0 unspecified atom stereocenters. The average molecular weight is 1570 g/mol. The number of carbonyl (C=O) groups excluding carboxylic acids is 8. The molecule has 0 fully saturated rings. The van der Waals surface area contributed by atoms with Gasteiger partial charge in [0.05, 0.1) is 61.3 Å². The third kappa shape index (κ3) is 20.2. The van der Waals surface area contributed by atoms with Crippen LogP contribution in [0.1, 0.15) is 96.5 Å². The van der Waals surface area contributed by atoms with Crippen molar-refractivity contribution in [3.63, 3.8) is 0 Å². The summed E-state index contributed by atoms with van der Waals surface area (Å²) in [5.74, 6) is -8.69. The van der Waals surface area contributed by atoms with Crippen molar-refractivity contribution in [2.75, 3.05) is 0 Å². The van der Waals surface area contributed by atoms with E-state index in [9.17, 15) is 69.4 Å². The van der Waals surface area contributed by atoms with E-state index in [4.69, 9.17) is 61.9 Å². The van der Waals surface area contributed by atoms with Crippen molar-refractivity contribution in [3.05, 3.63) is 320 Å². The van der Waals surface area contributed by atoms with Gasteiger partial charge in [-0.15, -0.1) is 0 Å². The summed E-state index contributed by atoms with van der Waals surface area (Å²) in [4.78, 5) is 101. The fraction of sp³-hybridized carbons (Fsp3) is 0.215. The number of aryl methyl sites for hydroxylation is 1. The van der Waals surface area contributed by atoms with Gasteiger partial charge in [0.1, 0.15) is 29.4 Å². The average Bonchev–Trinajstić information content (AvgIpc) is 1.62. The molecule has 0 saturated heterocycles. The summed E-state index contributed by atoms with van der Waals surface area (Å²) >= 11 is 22.5. The van der Waals surface area contributed by atoms with Gasteiger partial charge in [-0.2, -0.15) is 8.42 Å². The van der Waals surface area contributed by atoms with E-state index in [0.717, 1.165) is 68.8 Å². The van der Waals surface area contributed by atoms with E-state index < -0.39 is 117 Å². The summed E-state index contributed by atoms with van der Waals surface area (Å²) in [6, 6.07) is 48.4. The number of fused-ring (bicyclic) bond motifs is 4. The minimum atomic E-state index is -4.11. The number of nitrogens with two attached hydrogens (primary N) is 1. The molecule has 556 valence electrons. The smallest absolute Gasteiger partial charge is 0.297 e. The van der Waals surface area contributed by atoms with E-state index in [-0.39, 0.29) is 69.2 Å². The number of hydrogen-bond donors (Lipinski definition) is 6. The highest BCUT2D eigenvalue weighted by Gasteiger charge is 2.40. The molecule has 29 heteroatoms. The Labute approximate surface area is 637 Å². The number of amides is 4. The molecule has 0 bridgehead atoms. The van der Waals surface area contributed by atoms with Crippen LogP contribution in [0.4, 0.5) is 17.6 Å². The van der Waals surface area contributed by atoms with Crippen LogP contribution >= 0.6 is 46.4 Å². The van der Waals surface area contributed by atoms with Gasteiger partial charge in [0.15, 0.2) is 0 Å². The topological polar surface area (TPSA) is 323 Å². The van der Waals surface area contributed by atoms with Crippen molar-refractivity contribution in [2.45, 2.75) is 112 Å². The predicted molar refractivity (Wildman–Crippen MR) is 395 cm³/mol. The number of nitrogens with zero attached hydrogens (tertiary/aromatic N) is 3. The molecule has 4 aliphatic carbocycles. The Morgan fingerprint density at radius 2 is 0.787 bits per heavy atom. The Morgan fingerprint density at radius 1 is 0.463 bits per heavy atom. The fourth-order valence-corrected chi connectivity index (χ4v) is 14.3. The van der Waals surface area contributed by atoms with Gasteiger partial charge in [-0.3, -0.25) is 42.5 Å². The molecule has 20 nitrogen and oxygen atoms in total. The van der Waals surface area contributed by atoms with E-state index >= 15 is 0 Å². The Balaban J connectivity index is 0.000000155. The molecule has 8 atom stereocenters. The number of nitrogens with one attached hydrogen (secondary N) is 4. The van der Waals surface area contributed by atoms with Gasteiger partial charge in [-0.05, 0) is 153 Å². The molecule has 0 saturated carbocycles. The molecule has 0 spiro atoms. The number of hydrogen-bond acceptors (Lipinski definition) is 14. The van der Waals surface area contributed by atoms with Gasteiger partial charge in [-0.1, -0.05) is 191 Å². The van der Waals surface area contributed by atoms with Crippen LogP contribution in [0.3, 0.4) is 0 Å². The van der Waals surface area contributed by atoms with E-state index in [0.29, 0.717) is 47.1 Å². The number of aliphatic hydroxyl groups excluding tert-OH is 1. The lowest BCUT2D eigenvalue weighted by atomic mass is 10.1. The summed E-state index contributed by atoms with van der Waals surface area (Å²) in [6.07, 6.45) is -0.906. The maximum atomic E-state index is 13.7. The van der Waals surface area contributed by atoms with Crippen molar-refractivity contribution in [1.82, 2.24) is 21.3 Å². The predicted octanol–water partition coefficient (Wildman–Crippen LogP) is 12.5. The summed E-state index contributed by atoms with van der Waals surface area (Å²) < 4.78 is 85.2. The largest absolute Gasteiger partial charge is 0.390 e. The van der Waals surface area contributed by atoms with Crippen LogP contribution in [-0.4, -0.2) is 84.6 Å². The van der Waals surface area contributed by atoms with Crippen molar-refractivity contribution in [3.8, 4) is 0 Å². The number of Topliss-reactive ketones (excluding diaryl/α,β-unsaturated/α-hetero) is 4. The molecular weight excluding hydrogens is 1500 g/mol. The van der Waals surface area contributed by atoms with Crippen LogP contribution in [0, 0.1) is 30.2 Å². The van der Waals surface area contributed by atoms with Gasteiger partial charge in [0.25, 0.3) is 33.7 Å². The SMILES string of the molecule is Cc1ccc(S(=O)(=O)O[C@@H]2Cc3ccccc3[C@@H]2NC(=O)C(=O)Cc2ccc(Cl)c(F)c2)cc1.N[C@H]1Cc2ccccc2[C@@H]1NC(=O)C(=O)Cc1ccc(Cl)c(F)c1.O=C(Cc1ccc(Cl)c(F)c1)C(=O)N[C@H]1c2ccccc2C[C@H]1O.[N-]=[N+]=N[C@H]1Cc2ccccc2[C@@H]1NC(=O)C(=O)Cc1ccc(Cl)c(F)c1. The molecule has 0 aliphatic heterocycles. The lowest BCUT2D eigenvalue weighted by molar-refractivity contribution is -0.138. The molecular formula is C79H66Cl4F4N8O12S. The minimum Gasteiger partial charge on any atom is -0.390 e. The molecule has 9 aromatic carbocycles. The monoisotopic (exact) mass is 1570 g/mol. The van der Waals surface area contributed by atoms with Crippen LogP contribution in [0.5, 0.6) is 0 Å². The number of azide groups is 1. The lowest BCUT2D eigenvalue weighted by Crippen LogP contribution is -2.41. The van der Waals surface area contributed by atoms with Crippen LogP contribution in [-0.2, 0) is 104 Å². The van der Waals surface area contributed by atoms with E-state index in [2.05, 4.69) is 31.3 Å². The fourth-order valence-electron chi connectivity index (χ4n) is 12.8. The maximum Gasteiger partial charge on any atom is 0.297 e. The van der Waals surface area contributed by atoms with Crippen LogP contribution in [0.2, 0.25) is 20.1 Å². The van der Waals surface area contributed by atoms with E-state index in [1.165, 1.54) is 60.7 Å². The zero-order chi connectivity index (χ0) is 77.7. The zero-order valence-electron chi connectivity index (χ0n) is 57.0. The summed E-state index contributed by atoms with van der Waals surface area (Å²) in [6.45, 7) is 1.84. The van der Waals surface area contributed by atoms with Gasteiger partial charge < -0.3 is 32.1 Å². The number of carbonyl (C=O) groups is 8. The second kappa shape index (κ2) is 36.0. The first-order chi connectivity index (χ1) is 51.5. The third-order valence-corrected chi connectivity index (χ3v) is 20.8. The standard InChI is InChI=1S/C25H21ClFNO5S.C18H14ClFN4O2.C18H16ClFN2O2.C18H15ClFNO3/c1-15-6-9-18(10-7-15)34(31,32)33-23-14-17-4-2-3-5-19(17)24(23)28-25(30)22(29)13-16-8-11-20(26)21(27)12-16;19-13-6-5-10(7-14(13)20)8-16(25)18(26)22-17-12-4-2-1-3-11(12)9-15(17)23-24-21;19-13-6-5-10(7-14(13)20)8-16(23)18(24)22-17-12-4-2-1-3-11(12)9-15(17)21;19-13-6-5-10(7-14(13)20)8-16(23)18(24)21-17-12-4-2-1-3-11(12)9-15(17)22/h2-12,23-24H,13-14H2,1H3,(H,28,30);1-7,15,17H,8-9H2,(H,22,26);1-7,15,17H,8-9,21H2,(H,22,24);1-7,15,17,22H,8-9H2,(H,21,24)/t23-,24+;2*15-,17-;15-,17+/m1001/s1. The Kier molecular flexibility index (Phi) is 26.7. The molecule has 108 heavy (non-hydrogen) atoms. The number of halogens is 8. The highest BCUT2D eigenvalue weighted by molar-refractivity contribution is 7.86. The highest BCUT2D eigenvalue weighted by atomic mass is 35.5. The van der Waals surface area contributed by atoms with Crippen molar-refractivity contribution >= 4 is 103 Å². The van der Waals surface area contributed by atoms with Gasteiger partial charge >= 0.3 is 0 Å². The molecule has 4 amide bonds. The number of aliphatic hydroxyl groups is 1. The molecule has 7 N–H and O–H groups in total. The summed E-state index contributed by atoms with van der Waals surface area (Å²) in [7, 11) is -4.11. The normalized spacial score (nSPS) is 18.2. The summed E-state index contributed by atoms with van der Waals surface area (Å²) in [5.41, 5.74) is 24.2. The number of rotatable bonds is 20. The molecule has 9 aromatic rings. The first kappa shape index (κ1) is 80.1. The van der Waals surface area contributed by atoms with Crippen LogP contribution in [0.15, 0.2) is 204 Å². The number of ketones is 4. The van der Waals surface area contributed by atoms with E-state index in [1.807, 2.05) is 85.8 Å². The van der Waals surface area contributed by atoms with Crippen LogP contribution < -0.4 is 27.0 Å². The van der Waals surface area contributed by atoms with Gasteiger partial charge in [0, 0.05) is 49.5 Å². The van der Waals surface area contributed by atoms with E-state index in [1.54, 1.807) is 30.3 Å². The van der Waals surface area contributed by atoms with Crippen molar-refractivity contribution in [2.24, 2.45) is 10.8 Å². The third-order valence-electron chi connectivity index (χ3n) is 18.2. The maximum absolute atomic E-state index is 13.7. The lowest BCUT2D eigenvalue weighted by Gasteiger charge is -2.22. The Morgan fingerprint density at radius 3 is 1.19 bits per heavy atom. The molecule has 4 aliphatic rings. The van der Waals surface area contributed by atoms with Crippen molar-refractivity contribution < 1.29 is 73.6 Å². The van der Waals surface area contributed by atoms with Crippen LogP contribution in [0.25, 0.3) is 10.4 Å². The first-order valence-corrected chi connectivity index (χ1v) is 36.4. The van der Waals surface area contributed by atoms with Gasteiger partial charge in [-0.25, -0.2) is 17.6 Å². The molecule has 0 heterocycles. The first-order valence-electron chi connectivity index (χ1n) is 33.4. The molecule has 13 rings (SSSR count). The second-order valence-electron chi connectivity index (χ2n) is 25.7. The minimum absolute atomic E-state index is 0.0000240.